The van der Waals surface area contributed by atoms with Gasteiger partial charge in [0.25, 0.3) is 5.56 Å². The smallest absolute Gasteiger partial charge is 0.337 e. The first-order chi connectivity index (χ1) is 16.8. The molecule has 1 heterocycles. The van der Waals surface area contributed by atoms with Crippen LogP contribution in [0.5, 0.6) is 0 Å². The molecule has 1 aliphatic rings. The van der Waals surface area contributed by atoms with E-state index in [0.29, 0.717) is 29.0 Å². The zero-order valence-electron chi connectivity index (χ0n) is 19.6. The molecule has 1 N–H and O–H groups in total. The fourth-order valence-corrected chi connectivity index (χ4v) is 4.80. The first-order valence-corrected chi connectivity index (χ1v) is 12.3. The van der Waals surface area contributed by atoms with Gasteiger partial charge in [0.05, 0.1) is 35.4 Å². The van der Waals surface area contributed by atoms with Crippen molar-refractivity contribution in [2.45, 2.75) is 43.4 Å². The quantitative estimate of drug-likeness (QED) is 0.278. The summed E-state index contributed by atoms with van der Waals surface area (Å²) in [5, 5.41) is 13.1. The molecule has 1 aliphatic carbocycles. The van der Waals surface area contributed by atoms with Gasteiger partial charge in [-0.25, -0.2) is 9.78 Å². The molecule has 4 rings (SSSR count). The van der Waals surface area contributed by atoms with Crippen LogP contribution in [0.15, 0.2) is 58.5 Å². The minimum absolute atomic E-state index is 0.00393. The number of benzene rings is 2. The second-order valence-electron chi connectivity index (χ2n) is 8.74. The van der Waals surface area contributed by atoms with E-state index in [9.17, 15) is 19.6 Å². The Morgan fingerprint density at radius 3 is 2.66 bits per heavy atom. The van der Waals surface area contributed by atoms with Gasteiger partial charge in [-0.1, -0.05) is 42.1 Å². The molecule has 35 heavy (non-hydrogen) atoms. The Morgan fingerprint density at radius 2 is 2.00 bits per heavy atom. The van der Waals surface area contributed by atoms with E-state index in [1.54, 1.807) is 23.6 Å². The lowest BCUT2D eigenvalue weighted by molar-refractivity contribution is -0.119. The third-order valence-electron chi connectivity index (χ3n) is 6.17. The molecule has 1 unspecified atom stereocenters. The molecule has 180 valence electrons. The number of nitrogens with one attached hydrogen (secondary N) is 1. The summed E-state index contributed by atoms with van der Waals surface area (Å²) in [6.07, 6.45) is 2.46. The van der Waals surface area contributed by atoms with Gasteiger partial charge in [0.2, 0.25) is 5.91 Å². The van der Waals surface area contributed by atoms with Crippen LogP contribution >= 0.6 is 11.8 Å². The standard InChI is InChI=1S/C26H26N4O4S/c1-26(16-27,19-9-10-19)29-22(31)15-35-25-28-21-14-18(24(33)34-2)8-11-20(21)23(32)30(25)13-12-17-6-4-3-5-7-17/h3-8,11,14,19H,9-10,12-13,15H2,1-2H3,(H,29,31). The summed E-state index contributed by atoms with van der Waals surface area (Å²) in [7, 11) is 1.29. The Balaban J connectivity index is 1.63. The second-order valence-corrected chi connectivity index (χ2v) is 9.68. The number of carbonyl (C=O) groups is 2. The van der Waals surface area contributed by atoms with Crippen molar-refractivity contribution in [1.29, 1.82) is 5.26 Å². The maximum atomic E-state index is 13.4. The SMILES string of the molecule is COC(=O)c1ccc2c(=O)n(CCc3ccccc3)c(SCC(=O)NC(C)(C#N)C3CC3)nc2c1. The molecular weight excluding hydrogens is 464 g/mol. The monoisotopic (exact) mass is 490 g/mol. The van der Waals surface area contributed by atoms with Crippen LogP contribution in [0, 0.1) is 17.2 Å². The lowest BCUT2D eigenvalue weighted by atomic mass is 9.98. The molecule has 9 heteroatoms. The molecule has 0 saturated heterocycles. The Labute approximate surface area is 207 Å². The van der Waals surface area contributed by atoms with Gasteiger partial charge in [-0.15, -0.1) is 0 Å². The van der Waals surface area contributed by atoms with E-state index in [1.165, 1.54) is 13.2 Å². The maximum Gasteiger partial charge on any atom is 0.337 e. The highest BCUT2D eigenvalue weighted by atomic mass is 32.2. The molecule has 1 atom stereocenters. The van der Waals surface area contributed by atoms with Crippen LogP contribution in [-0.2, 0) is 22.5 Å². The van der Waals surface area contributed by atoms with Crippen molar-refractivity contribution < 1.29 is 14.3 Å². The Morgan fingerprint density at radius 1 is 1.26 bits per heavy atom. The number of aryl methyl sites for hydroxylation is 1. The van der Waals surface area contributed by atoms with Crippen LogP contribution in [0.2, 0.25) is 0 Å². The number of carbonyl (C=O) groups excluding carboxylic acids is 2. The van der Waals surface area contributed by atoms with Crippen LogP contribution in [0.25, 0.3) is 10.9 Å². The van der Waals surface area contributed by atoms with Crippen LogP contribution < -0.4 is 10.9 Å². The number of hydrogen-bond donors (Lipinski definition) is 1. The Hall–Kier alpha value is -3.64. The summed E-state index contributed by atoms with van der Waals surface area (Å²) in [5.41, 5.74) is 0.582. The first kappa shape index (κ1) is 24.5. The number of rotatable bonds is 9. The average Bonchev–Trinajstić information content (AvgIpc) is 3.73. The Bertz CT molecular complexity index is 1360. The van der Waals surface area contributed by atoms with Gasteiger partial charge in [0.15, 0.2) is 5.16 Å². The summed E-state index contributed by atoms with van der Waals surface area (Å²) in [4.78, 5) is 42.7. The number of thioether (sulfide) groups is 1. The molecule has 1 amide bonds. The molecule has 0 radical (unpaired) electrons. The zero-order valence-corrected chi connectivity index (χ0v) is 20.4. The molecule has 3 aromatic rings. The van der Waals surface area contributed by atoms with Crippen molar-refractivity contribution in [2.75, 3.05) is 12.9 Å². The highest BCUT2D eigenvalue weighted by Crippen LogP contribution is 2.39. The van der Waals surface area contributed by atoms with Gasteiger partial charge < -0.3 is 10.1 Å². The number of nitriles is 1. The highest BCUT2D eigenvalue weighted by Gasteiger charge is 2.43. The van der Waals surface area contributed by atoms with Crippen LogP contribution in [0.4, 0.5) is 0 Å². The third-order valence-corrected chi connectivity index (χ3v) is 7.14. The third kappa shape index (κ3) is 5.54. The summed E-state index contributed by atoms with van der Waals surface area (Å²) in [6, 6.07) is 16.7. The number of esters is 1. The number of hydrogen-bond acceptors (Lipinski definition) is 7. The summed E-state index contributed by atoms with van der Waals surface area (Å²) in [5.74, 6) is -0.644. The van der Waals surface area contributed by atoms with Gasteiger partial charge in [0.1, 0.15) is 5.54 Å². The van der Waals surface area contributed by atoms with E-state index in [1.807, 2.05) is 30.3 Å². The molecule has 0 bridgehead atoms. The summed E-state index contributed by atoms with van der Waals surface area (Å²) in [6.45, 7) is 2.12. The zero-order chi connectivity index (χ0) is 25.0. The van der Waals surface area contributed by atoms with Gasteiger partial charge >= 0.3 is 5.97 Å². The molecule has 8 nitrogen and oxygen atoms in total. The minimum Gasteiger partial charge on any atom is -0.465 e. The average molecular weight is 491 g/mol. The highest BCUT2D eigenvalue weighted by molar-refractivity contribution is 7.99. The van der Waals surface area contributed by atoms with Gasteiger partial charge in [-0.05, 0) is 55.9 Å². The molecule has 1 fully saturated rings. The molecule has 0 aliphatic heterocycles. The normalized spacial score (nSPS) is 14.7. The maximum absolute atomic E-state index is 13.4. The minimum atomic E-state index is -0.892. The number of aromatic nitrogens is 2. The van der Waals surface area contributed by atoms with E-state index in [4.69, 9.17) is 4.74 Å². The van der Waals surface area contributed by atoms with Crippen LogP contribution in [-0.4, -0.2) is 39.8 Å². The van der Waals surface area contributed by atoms with Gasteiger partial charge in [-0.2, -0.15) is 5.26 Å². The van der Waals surface area contributed by atoms with E-state index < -0.39 is 11.5 Å². The molecule has 1 aromatic heterocycles. The lowest BCUT2D eigenvalue weighted by Crippen LogP contribution is -2.47. The summed E-state index contributed by atoms with van der Waals surface area (Å²) >= 11 is 1.14. The molecular formula is C26H26N4O4S. The second kappa shape index (κ2) is 10.3. The van der Waals surface area contributed by atoms with Crippen molar-refractivity contribution in [3.05, 3.63) is 70.0 Å². The van der Waals surface area contributed by atoms with Crippen molar-refractivity contribution in [3.63, 3.8) is 0 Å². The number of fused-ring (bicyclic) bond motifs is 1. The molecule has 1 saturated carbocycles. The van der Waals surface area contributed by atoms with Crippen LogP contribution in [0.1, 0.15) is 35.7 Å². The predicted molar refractivity (Wildman–Crippen MR) is 133 cm³/mol. The summed E-state index contributed by atoms with van der Waals surface area (Å²) < 4.78 is 6.35. The van der Waals surface area contributed by atoms with E-state index >= 15 is 0 Å². The van der Waals surface area contributed by atoms with E-state index in [0.717, 1.165) is 30.2 Å². The number of ether oxygens (including phenoxy) is 1. The van der Waals surface area contributed by atoms with Crippen molar-refractivity contribution in [1.82, 2.24) is 14.9 Å². The van der Waals surface area contributed by atoms with E-state index in [2.05, 4.69) is 16.4 Å². The topological polar surface area (TPSA) is 114 Å². The Kier molecular flexibility index (Phi) is 7.22. The predicted octanol–water partition coefficient (Wildman–Crippen LogP) is 3.33. The van der Waals surface area contributed by atoms with Gasteiger partial charge in [0, 0.05) is 6.54 Å². The fraction of sp³-hybridized carbons (Fsp3) is 0.346. The first-order valence-electron chi connectivity index (χ1n) is 11.4. The van der Waals surface area contributed by atoms with Crippen molar-refractivity contribution >= 4 is 34.5 Å². The number of nitrogens with zero attached hydrogens (tertiary/aromatic N) is 3. The van der Waals surface area contributed by atoms with Gasteiger partial charge in [-0.3, -0.25) is 14.2 Å². The fourth-order valence-electron chi connectivity index (χ4n) is 3.98. The lowest BCUT2D eigenvalue weighted by Gasteiger charge is -2.22. The van der Waals surface area contributed by atoms with E-state index in [-0.39, 0.29) is 28.7 Å². The number of methoxy groups -OCH3 is 1. The van der Waals surface area contributed by atoms with Crippen molar-refractivity contribution in [3.8, 4) is 6.07 Å². The molecule has 2 aromatic carbocycles. The van der Waals surface area contributed by atoms with Crippen molar-refractivity contribution in [2.24, 2.45) is 5.92 Å². The number of amides is 1. The van der Waals surface area contributed by atoms with Crippen LogP contribution in [0.3, 0.4) is 0 Å². The molecule has 0 spiro atoms. The largest absolute Gasteiger partial charge is 0.465 e.